The van der Waals surface area contributed by atoms with Crippen LogP contribution in [0.25, 0.3) is 0 Å². The van der Waals surface area contributed by atoms with Gasteiger partial charge in [-0.25, -0.2) is 0 Å². The van der Waals surface area contributed by atoms with Crippen molar-refractivity contribution in [2.24, 2.45) is 0 Å². The standard InChI is InChI=1S/C14H24N4O2/c1-10(2)15-9-14(20)17-12-4-3-5-13-11(12)8-16-18(13)6-7-19/h8,10,12,15,19H,3-7,9H2,1-2H3,(H,17,20). The molecule has 0 saturated carbocycles. The van der Waals surface area contributed by atoms with E-state index >= 15 is 0 Å². The van der Waals surface area contributed by atoms with E-state index in [1.807, 2.05) is 24.7 Å². The molecule has 1 aromatic heterocycles. The van der Waals surface area contributed by atoms with Gasteiger partial charge in [-0.15, -0.1) is 0 Å². The molecule has 0 fully saturated rings. The molecule has 1 heterocycles. The van der Waals surface area contributed by atoms with Crippen LogP contribution in [0.3, 0.4) is 0 Å². The molecule has 0 spiro atoms. The van der Waals surface area contributed by atoms with Crippen LogP contribution in [0.2, 0.25) is 0 Å². The summed E-state index contributed by atoms with van der Waals surface area (Å²) in [7, 11) is 0. The van der Waals surface area contributed by atoms with Crippen LogP contribution in [0.4, 0.5) is 0 Å². The van der Waals surface area contributed by atoms with Crippen LogP contribution in [-0.2, 0) is 17.8 Å². The molecule has 1 amide bonds. The van der Waals surface area contributed by atoms with Crippen molar-refractivity contribution in [1.82, 2.24) is 20.4 Å². The second-order valence-electron chi connectivity index (χ2n) is 5.54. The SMILES string of the molecule is CC(C)NCC(=O)NC1CCCc2c1cnn2CCO. The van der Waals surface area contributed by atoms with Crippen molar-refractivity contribution in [1.29, 1.82) is 0 Å². The van der Waals surface area contributed by atoms with Crippen LogP contribution >= 0.6 is 0 Å². The van der Waals surface area contributed by atoms with E-state index in [4.69, 9.17) is 5.11 Å². The molecule has 0 bridgehead atoms. The highest BCUT2D eigenvalue weighted by molar-refractivity contribution is 5.78. The van der Waals surface area contributed by atoms with Crippen LogP contribution in [-0.4, -0.2) is 40.0 Å². The number of nitrogens with zero attached hydrogens (tertiary/aromatic N) is 2. The Balaban J connectivity index is 2.00. The monoisotopic (exact) mass is 280 g/mol. The van der Waals surface area contributed by atoms with Gasteiger partial charge in [0.1, 0.15) is 0 Å². The Bertz CT molecular complexity index is 456. The number of aromatic nitrogens is 2. The van der Waals surface area contributed by atoms with Crippen LogP contribution in [0.15, 0.2) is 6.20 Å². The zero-order valence-electron chi connectivity index (χ0n) is 12.2. The molecule has 0 radical (unpaired) electrons. The highest BCUT2D eigenvalue weighted by Gasteiger charge is 2.25. The lowest BCUT2D eigenvalue weighted by molar-refractivity contribution is -0.121. The molecule has 1 atom stereocenters. The average Bonchev–Trinajstić information content (AvgIpc) is 2.82. The van der Waals surface area contributed by atoms with E-state index in [0.29, 0.717) is 19.1 Å². The number of hydrogen-bond donors (Lipinski definition) is 3. The summed E-state index contributed by atoms with van der Waals surface area (Å²) in [6.07, 6.45) is 4.77. The minimum absolute atomic E-state index is 0.0199. The fourth-order valence-corrected chi connectivity index (χ4v) is 2.60. The van der Waals surface area contributed by atoms with Crippen molar-refractivity contribution in [3.8, 4) is 0 Å². The van der Waals surface area contributed by atoms with Gasteiger partial charge < -0.3 is 15.7 Å². The number of aliphatic hydroxyl groups is 1. The molecule has 1 aliphatic rings. The second kappa shape index (κ2) is 6.85. The Kier molecular flexibility index (Phi) is 5.14. The summed E-state index contributed by atoms with van der Waals surface area (Å²) in [5.41, 5.74) is 2.25. The molecule has 112 valence electrons. The van der Waals surface area contributed by atoms with Crippen LogP contribution in [0.5, 0.6) is 0 Å². The molecule has 6 heteroatoms. The first kappa shape index (κ1) is 15.0. The fraction of sp³-hybridized carbons (Fsp3) is 0.714. The minimum Gasteiger partial charge on any atom is -0.394 e. The quantitative estimate of drug-likeness (QED) is 0.703. The maximum atomic E-state index is 11.9. The third kappa shape index (κ3) is 3.58. The van der Waals surface area contributed by atoms with E-state index in [-0.39, 0.29) is 18.6 Å². The topological polar surface area (TPSA) is 79.2 Å². The van der Waals surface area contributed by atoms with Crippen molar-refractivity contribution in [2.45, 2.75) is 51.7 Å². The zero-order chi connectivity index (χ0) is 14.5. The summed E-state index contributed by atoms with van der Waals surface area (Å²) >= 11 is 0. The minimum atomic E-state index is 0.0199. The van der Waals surface area contributed by atoms with Gasteiger partial charge in [0.25, 0.3) is 0 Å². The molecule has 3 N–H and O–H groups in total. The van der Waals surface area contributed by atoms with Crippen LogP contribution < -0.4 is 10.6 Å². The van der Waals surface area contributed by atoms with Crippen molar-refractivity contribution in [2.75, 3.05) is 13.2 Å². The van der Waals surface area contributed by atoms with E-state index < -0.39 is 0 Å². The van der Waals surface area contributed by atoms with Crippen LogP contribution in [0.1, 0.15) is 44.0 Å². The number of hydrogen-bond acceptors (Lipinski definition) is 4. The highest BCUT2D eigenvalue weighted by Crippen LogP contribution is 2.29. The first-order valence-corrected chi connectivity index (χ1v) is 7.30. The average molecular weight is 280 g/mol. The van der Waals surface area contributed by atoms with Gasteiger partial charge in [0.15, 0.2) is 0 Å². The van der Waals surface area contributed by atoms with Crippen molar-refractivity contribution < 1.29 is 9.90 Å². The van der Waals surface area contributed by atoms with Crippen molar-refractivity contribution in [3.05, 3.63) is 17.5 Å². The van der Waals surface area contributed by atoms with E-state index in [2.05, 4.69) is 15.7 Å². The maximum absolute atomic E-state index is 11.9. The van der Waals surface area contributed by atoms with Gasteiger partial charge >= 0.3 is 0 Å². The summed E-state index contributed by atoms with van der Waals surface area (Å²) in [5, 5.41) is 19.5. The Hall–Kier alpha value is -1.40. The number of nitrogens with one attached hydrogen (secondary N) is 2. The summed E-state index contributed by atoms with van der Waals surface area (Å²) in [6.45, 7) is 4.98. The summed E-state index contributed by atoms with van der Waals surface area (Å²) in [5.74, 6) is 0.0199. The number of rotatable bonds is 6. The van der Waals surface area contributed by atoms with Crippen molar-refractivity contribution in [3.63, 3.8) is 0 Å². The first-order chi connectivity index (χ1) is 9.61. The Morgan fingerprint density at radius 3 is 3.10 bits per heavy atom. The summed E-state index contributed by atoms with van der Waals surface area (Å²) < 4.78 is 1.85. The lowest BCUT2D eigenvalue weighted by atomic mass is 9.93. The molecule has 1 unspecified atom stereocenters. The second-order valence-corrected chi connectivity index (χ2v) is 5.54. The van der Waals surface area contributed by atoms with E-state index in [9.17, 15) is 4.79 Å². The number of amides is 1. The fourth-order valence-electron chi connectivity index (χ4n) is 2.60. The Labute approximate surface area is 119 Å². The predicted octanol–water partition coefficient (Wildman–Crippen LogP) is 0.367. The Morgan fingerprint density at radius 1 is 1.60 bits per heavy atom. The van der Waals surface area contributed by atoms with Gasteiger partial charge in [0, 0.05) is 17.3 Å². The van der Waals surface area contributed by atoms with Crippen LogP contribution in [0, 0.1) is 0 Å². The predicted molar refractivity (Wildman–Crippen MR) is 76.3 cm³/mol. The van der Waals surface area contributed by atoms with E-state index in [1.54, 1.807) is 0 Å². The third-order valence-electron chi connectivity index (χ3n) is 3.58. The molecule has 0 aliphatic heterocycles. The van der Waals surface area contributed by atoms with E-state index in [1.165, 1.54) is 0 Å². The largest absolute Gasteiger partial charge is 0.394 e. The Morgan fingerprint density at radius 2 is 2.40 bits per heavy atom. The molecule has 0 aromatic carbocycles. The molecular formula is C14H24N4O2. The maximum Gasteiger partial charge on any atom is 0.234 e. The number of aliphatic hydroxyl groups excluding tert-OH is 1. The molecule has 20 heavy (non-hydrogen) atoms. The van der Waals surface area contributed by atoms with Gasteiger partial charge in [-0.2, -0.15) is 5.10 Å². The molecule has 1 aliphatic carbocycles. The van der Waals surface area contributed by atoms with Gasteiger partial charge in [-0.1, -0.05) is 13.8 Å². The zero-order valence-corrected chi connectivity index (χ0v) is 12.2. The lowest BCUT2D eigenvalue weighted by Gasteiger charge is -2.24. The highest BCUT2D eigenvalue weighted by atomic mass is 16.3. The van der Waals surface area contributed by atoms with E-state index in [0.717, 1.165) is 30.5 Å². The summed E-state index contributed by atoms with van der Waals surface area (Å²) in [4.78, 5) is 11.9. The molecule has 0 saturated heterocycles. The first-order valence-electron chi connectivity index (χ1n) is 7.30. The van der Waals surface area contributed by atoms with Gasteiger partial charge in [0.05, 0.1) is 31.9 Å². The van der Waals surface area contributed by atoms with Gasteiger partial charge in [-0.3, -0.25) is 9.48 Å². The third-order valence-corrected chi connectivity index (χ3v) is 3.58. The molecule has 6 nitrogen and oxygen atoms in total. The molecule has 2 rings (SSSR count). The molecular weight excluding hydrogens is 256 g/mol. The summed E-state index contributed by atoms with van der Waals surface area (Å²) in [6, 6.07) is 0.350. The number of carbonyl (C=O) groups excluding carboxylic acids is 1. The van der Waals surface area contributed by atoms with Gasteiger partial charge in [-0.05, 0) is 19.3 Å². The number of fused-ring (bicyclic) bond motifs is 1. The lowest BCUT2D eigenvalue weighted by Crippen LogP contribution is -2.39. The normalized spacial score (nSPS) is 18.1. The molecule has 1 aromatic rings. The smallest absolute Gasteiger partial charge is 0.234 e. The van der Waals surface area contributed by atoms with Crippen molar-refractivity contribution >= 4 is 5.91 Å². The number of carbonyl (C=O) groups is 1. The van der Waals surface area contributed by atoms with Gasteiger partial charge in [0.2, 0.25) is 5.91 Å².